The minimum Gasteiger partial charge on any atom is -0.349 e. The zero-order valence-corrected chi connectivity index (χ0v) is 19.5. The number of hydrogen-bond donors (Lipinski definition) is 3. The molecule has 11 heteroatoms. The second-order valence-corrected chi connectivity index (χ2v) is 10.0. The van der Waals surface area contributed by atoms with Crippen LogP contribution in [0.1, 0.15) is 23.0 Å². The van der Waals surface area contributed by atoms with E-state index in [2.05, 4.69) is 15.4 Å². The maximum atomic E-state index is 13.5. The number of carbonyl (C=O) groups is 2. The molecule has 2 heterocycles. The molecule has 1 aliphatic heterocycles. The van der Waals surface area contributed by atoms with E-state index < -0.39 is 26.6 Å². The first-order valence-corrected chi connectivity index (χ1v) is 12.4. The minimum atomic E-state index is -4.27. The highest BCUT2D eigenvalue weighted by molar-refractivity contribution is 7.92. The molecule has 0 saturated carbocycles. The van der Waals surface area contributed by atoms with Crippen molar-refractivity contribution in [2.24, 2.45) is 0 Å². The Morgan fingerprint density at radius 2 is 1.69 bits per heavy atom. The summed E-state index contributed by atoms with van der Waals surface area (Å²) in [5, 5.41) is 6.17. The van der Waals surface area contributed by atoms with E-state index in [1.165, 1.54) is 12.1 Å². The van der Waals surface area contributed by atoms with Gasteiger partial charge in [-0.15, -0.1) is 0 Å². The van der Waals surface area contributed by atoms with Crippen LogP contribution in [-0.4, -0.2) is 31.3 Å². The van der Waals surface area contributed by atoms with Gasteiger partial charge in [0.1, 0.15) is 17.3 Å². The van der Waals surface area contributed by atoms with E-state index in [9.17, 15) is 26.8 Å². The number of anilines is 2. The van der Waals surface area contributed by atoms with Crippen molar-refractivity contribution in [3.05, 3.63) is 90.1 Å². The lowest BCUT2D eigenvalue weighted by Gasteiger charge is -2.27. The Hall–Kier alpha value is -4.25. The van der Waals surface area contributed by atoms with Gasteiger partial charge in [0.25, 0.3) is 15.9 Å². The van der Waals surface area contributed by atoms with Gasteiger partial charge in [-0.2, -0.15) is 0 Å². The number of amides is 2. The SMILES string of the molecule is O=C(CC1CNC(=O)c2cc3cc(NS(=O)(=O)c4cc(F)cc(F)c4)ccc3n21)Nc1ccccc1. The van der Waals surface area contributed by atoms with E-state index in [-0.39, 0.29) is 36.5 Å². The van der Waals surface area contributed by atoms with E-state index >= 15 is 0 Å². The molecular weight excluding hydrogens is 490 g/mol. The number of aromatic nitrogens is 1. The quantitative estimate of drug-likeness (QED) is 0.364. The molecule has 0 bridgehead atoms. The highest BCUT2D eigenvalue weighted by Crippen LogP contribution is 2.31. The molecule has 0 fully saturated rings. The van der Waals surface area contributed by atoms with Gasteiger partial charge in [-0.05, 0) is 48.5 Å². The Balaban J connectivity index is 1.43. The van der Waals surface area contributed by atoms with Crippen molar-refractivity contribution < 1.29 is 26.8 Å². The molecule has 0 saturated heterocycles. The standard InChI is InChI=1S/C25H20F2N4O4S/c26-16-10-17(27)12-21(11-16)36(34,35)30-19-6-7-22-15(8-19)9-23-25(33)28-14-20(31(22)23)13-24(32)29-18-4-2-1-3-5-18/h1-12,20,30H,13-14H2,(H,28,33)(H,29,32). The Morgan fingerprint density at radius 3 is 2.42 bits per heavy atom. The summed E-state index contributed by atoms with van der Waals surface area (Å²) in [5.41, 5.74) is 1.78. The fourth-order valence-corrected chi connectivity index (χ4v) is 5.36. The van der Waals surface area contributed by atoms with Crippen LogP contribution in [0.25, 0.3) is 10.9 Å². The molecular formula is C25H20F2N4O4S. The number of nitrogens with zero attached hydrogens (tertiary/aromatic N) is 1. The molecule has 1 aliphatic rings. The van der Waals surface area contributed by atoms with Crippen LogP contribution in [0, 0.1) is 11.6 Å². The van der Waals surface area contributed by atoms with Crippen molar-refractivity contribution >= 4 is 44.1 Å². The van der Waals surface area contributed by atoms with Gasteiger partial charge < -0.3 is 15.2 Å². The van der Waals surface area contributed by atoms with Crippen molar-refractivity contribution in [2.45, 2.75) is 17.4 Å². The Bertz CT molecular complexity index is 1580. The number of halogens is 2. The van der Waals surface area contributed by atoms with Crippen LogP contribution in [0.5, 0.6) is 0 Å². The number of hydrogen-bond acceptors (Lipinski definition) is 4. The van der Waals surface area contributed by atoms with E-state index in [1.807, 2.05) is 18.2 Å². The van der Waals surface area contributed by atoms with Crippen molar-refractivity contribution in [1.29, 1.82) is 0 Å². The summed E-state index contributed by atoms with van der Waals surface area (Å²) < 4.78 is 56.4. The lowest BCUT2D eigenvalue weighted by atomic mass is 10.1. The first-order chi connectivity index (χ1) is 17.2. The van der Waals surface area contributed by atoms with E-state index in [0.29, 0.717) is 28.4 Å². The number of nitrogens with one attached hydrogen (secondary N) is 3. The summed E-state index contributed by atoms with van der Waals surface area (Å²) in [4.78, 5) is 24.6. The van der Waals surface area contributed by atoms with E-state index in [0.717, 1.165) is 12.1 Å². The summed E-state index contributed by atoms with van der Waals surface area (Å²) in [6, 6.07) is 16.9. The molecule has 1 aromatic heterocycles. The first kappa shape index (κ1) is 23.5. The molecule has 5 rings (SSSR count). The predicted octanol–water partition coefficient (Wildman–Crippen LogP) is 4.03. The van der Waals surface area contributed by atoms with E-state index in [1.54, 1.807) is 28.8 Å². The number of sulfonamides is 1. The van der Waals surface area contributed by atoms with Crippen molar-refractivity contribution in [3.63, 3.8) is 0 Å². The summed E-state index contributed by atoms with van der Waals surface area (Å²) in [5.74, 6) is -2.57. The number of fused-ring (bicyclic) bond motifs is 3. The number of benzene rings is 3. The zero-order valence-electron chi connectivity index (χ0n) is 18.7. The lowest BCUT2D eigenvalue weighted by molar-refractivity contribution is -0.116. The maximum Gasteiger partial charge on any atom is 0.268 e. The van der Waals surface area contributed by atoms with Gasteiger partial charge in [-0.25, -0.2) is 17.2 Å². The average Bonchev–Trinajstić information content (AvgIpc) is 3.20. The molecule has 3 N–H and O–H groups in total. The molecule has 36 heavy (non-hydrogen) atoms. The Morgan fingerprint density at radius 1 is 0.972 bits per heavy atom. The summed E-state index contributed by atoms with van der Waals surface area (Å²) in [6.45, 7) is 0.247. The van der Waals surface area contributed by atoms with Crippen molar-refractivity contribution in [1.82, 2.24) is 9.88 Å². The van der Waals surface area contributed by atoms with Crippen molar-refractivity contribution in [2.75, 3.05) is 16.6 Å². The molecule has 0 radical (unpaired) electrons. The van der Waals surface area contributed by atoms with Crippen LogP contribution in [-0.2, 0) is 14.8 Å². The largest absolute Gasteiger partial charge is 0.349 e. The normalized spacial score (nSPS) is 15.3. The van der Waals surface area contributed by atoms with Gasteiger partial charge in [-0.1, -0.05) is 18.2 Å². The third-order valence-corrected chi connectivity index (χ3v) is 7.17. The monoisotopic (exact) mass is 510 g/mol. The Kier molecular flexibility index (Phi) is 5.92. The molecule has 3 aromatic carbocycles. The second-order valence-electron chi connectivity index (χ2n) is 8.37. The first-order valence-electron chi connectivity index (χ1n) is 11.0. The van der Waals surface area contributed by atoms with Gasteiger partial charge in [0, 0.05) is 41.3 Å². The molecule has 184 valence electrons. The van der Waals surface area contributed by atoms with Crippen LogP contribution < -0.4 is 15.4 Å². The van der Waals surface area contributed by atoms with Gasteiger partial charge in [0.05, 0.1) is 10.9 Å². The van der Waals surface area contributed by atoms with Crippen LogP contribution >= 0.6 is 0 Å². The van der Waals surface area contributed by atoms with E-state index in [4.69, 9.17) is 0 Å². The highest BCUT2D eigenvalue weighted by atomic mass is 32.2. The molecule has 0 spiro atoms. The number of para-hydroxylation sites is 1. The highest BCUT2D eigenvalue weighted by Gasteiger charge is 2.29. The molecule has 0 aliphatic carbocycles. The second kappa shape index (κ2) is 9.08. The topological polar surface area (TPSA) is 109 Å². The fourth-order valence-electron chi connectivity index (χ4n) is 4.27. The average molecular weight is 511 g/mol. The van der Waals surface area contributed by atoms with Crippen LogP contribution in [0.15, 0.2) is 77.7 Å². The molecule has 1 unspecified atom stereocenters. The molecule has 1 atom stereocenters. The minimum absolute atomic E-state index is 0.103. The zero-order chi connectivity index (χ0) is 25.4. The third kappa shape index (κ3) is 4.65. The van der Waals surface area contributed by atoms with Gasteiger partial charge in [0.15, 0.2) is 0 Å². The maximum absolute atomic E-state index is 13.5. The summed E-state index contributed by atoms with van der Waals surface area (Å²) in [7, 11) is -4.27. The summed E-state index contributed by atoms with van der Waals surface area (Å²) >= 11 is 0. The molecule has 8 nitrogen and oxygen atoms in total. The Labute approximate surface area is 205 Å². The predicted molar refractivity (Wildman–Crippen MR) is 130 cm³/mol. The third-order valence-electron chi connectivity index (χ3n) is 5.81. The van der Waals surface area contributed by atoms with Crippen LogP contribution in [0.2, 0.25) is 0 Å². The lowest BCUT2D eigenvalue weighted by Crippen LogP contribution is -2.40. The number of carbonyl (C=O) groups excluding carboxylic acids is 2. The van der Waals surface area contributed by atoms with Crippen molar-refractivity contribution in [3.8, 4) is 0 Å². The van der Waals surface area contributed by atoms with Crippen LogP contribution in [0.4, 0.5) is 20.2 Å². The van der Waals surface area contributed by atoms with Gasteiger partial charge in [-0.3, -0.25) is 14.3 Å². The van der Waals surface area contributed by atoms with Gasteiger partial charge in [0.2, 0.25) is 5.91 Å². The van der Waals surface area contributed by atoms with Gasteiger partial charge >= 0.3 is 0 Å². The molecule has 2 amide bonds. The smallest absolute Gasteiger partial charge is 0.268 e. The fraction of sp³-hybridized carbons (Fsp3) is 0.120. The number of rotatable bonds is 6. The van der Waals surface area contributed by atoms with Crippen LogP contribution in [0.3, 0.4) is 0 Å². The molecule has 4 aromatic rings. The summed E-state index contributed by atoms with van der Waals surface area (Å²) in [6.07, 6.45) is 0.103.